The summed E-state index contributed by atoms with van der Waals surface area (Å²) in [6, 6.07) is 14.9. The van der Waals surface area contributed by atoms with E-state index in [1.165, 1.54) is 30.3 Å². The molecule has 242 valence electrons. The van der Waals surface area contributed by atoms with Gasteiger partial charge in [-0.2, -0.15) is 4.68 Å². The Balaban J connectivity index is 1.26. The van der Waals surface area contributed by atoms with Crippen LogP contribution in [0.1, 0.15) is 41.3 Å². The first-order valence-electron chi connectivity index (χ1n) is 14.9. The molecule has 0 saturated heterocycles. The smallest absolute Gasteiger partial charge is 0.411 e. The van der Waals surface area contributed by atoms with Crippen LogP contribution in [0.5, 0.6) is 0 Å². The summed E-state index contributed by atoms with van der Waals surface area (Å²) in [6.07, 6.45) is 6.06. The van der Waals surface area contributed by atoms with Crippen molar-refractivity contribution in [1.29, 1.82) is 0 Å². The highest BCUT2D eigenvalue weighted by molar-refractivity contribution is 6.30. The minimum atomic E-state index is -0.943. The van der Waals surface area contributed by atoms with Gasteiger partial charge in [-0.3, -0.25) is 14.9 Å². The standard InChI is InChI=1S/C33H27ClFN9O4/c1-48-32(47)38-22-6-7-23-26(14-22)39-29(45)10-3-19-12-18(2-8-25(19)35)24-15-33(24,31-36-16-27(23)40-31)41-30(46)11-4-20-13-21(34)5-9-28(20)44-17-37-42-43-44/h2,4-9,11-14,16-17,24H,3,10,15H2,1H3,(H,36,40)(H,38,47)(H,39,45)(H,41,46)/b11-4+/t24-,33?/m0/s1. The fraction of sp³-hybridized carbons (Fsp3) is 0.182. The molecule has 4 bridgehead atoms. The molecule has 2 aromatic heterocycles. The molecule has 1 unspecified atom stereocenters. The number of ether oxygens (including phenoxy) is 1. The predicted molar refractivity (Wildman–Crippen MR) is 174 cm³/mol. The van der Waals surface area contributed by atoms with Crippen LogP contribution in [0.4, 0.5) is 20.6 Å². The molecule has 3 amide bonds. The zero-order valence-corrected chi connectivity index (χ0v) is 26.1. The number of imidazole rings is 1. The molecule has 4 N–H and O–H groups in total. The Kier molecular flexibility index (Phi) is 7.93. The maximum atomic E-state index is 14.9. The number of aryl methyl sites for hydroxylation is 1. The van der Waals surface area contributed by atoms with Gasteiger partial charge in [0.05, 0.1) is 30.4 Å². The summed E-state index contributed by atoms with van der Waals surface area (Å²) < 4.78 is 21.1. The van der Waals surface area contributed by atoms with Crippen LogP contribution in [0.3, 0.4) is 0 Å². The molecule has 2 aliphatic rings. The zero-order valence-electron chi connectivity index (χ0n) is 25.3. The number of halogens is 2. The molecule has 5 aromatic rings. The van der Waals surface area contributed by atoms with Crippen LogP contribution in [-0.2, 0) is 26.3 Å². The third kappa shape index (κ3) is 6.00. The van der Waals surface area contributed by atoms with E-state index in [1.54, 1.807) is 60.8 Å². The van der Waals surface area contributed by atoms with Crippen molar-refractivity contribution in [2.24, 2.45) is 0 Å². The van der Waals surface area contributed by atoms with Crippen molar-refractivity contribution in [3.63, 3.8) is 0 Å². The van der Waals surface area contributed by atoms with Crippen LogP contribution in [0.15, 0.2) is 73.2 Å². The Bertz CT molecular complexity index is 2100. The largest absolute Gasteiger partial charge is 0.453 e. The second kappa shape index (κ2) is 12.4. The quantitative estimate of drug-likeness (QED) is 0.187. The molecule has 2 atom stereocenters. The molecular formula is C33H27ClFN9O4. The van der Waals surface area contributed by atoms with Gasteiger partial charge in [0.25, 0.3) is 0 Å². The molecule has 1 aliphatic heterocycles. The lowest BCUT2D eigenvalue weighted by molar-refractivity contribution is -0.117. The molecule has 15 heteroatoms. The van der Waals surface area contributed by atoms with Crippen molar-refractivity contribution in [2.45, 2.75) is 30.7 Å². The Morgan fingerprint density at radius 1 is 1.15 bits per heavy atom. The Hall–Kier alpha value is -5.89. The molecule has 0 spiro atoms. The topological polar surface area (TPSA) is 169 Å². The number of methoxy groups -OCH3 is 1. The number of carbonyl (C=O) groups is 3. The molecule has 48 heavy (non-hydrogen) atoms. The lowest BCUT2D eigenvalue weighted by Crippen LogP contribution is -2.36. The monoisotopic (exact) mass is 667 g/mol. The molecule has 3 aromatic carbocycles. The van der Waals surface area contributed by atoms with E-state index in [9.17, 15) is 18.8 Å². The van der Waals surface area contributed by atoms with E-state index < -0.39 is 23.4 Å². The van der Waals surface area contributed by atoms with Gasteiger partial charge in [0, 0.05) is 40.3 Å². The average molecular weight is 668 g/mol. The van der Waals surface area contributed by atoms with Crippen LogP contribution in [0.25, 0.3) is 23.0 Å². The number of nitrogens with zero attached hydrogens (tertiary/aromatic N) is 5. The number of tetrazole rings is 1. The molecule has 1 saturated carbocycles. The maximum Gasteiger partial charge on any atom is 0.411 e. The van der Waals surface area contributed by atoms with E-state index in [0.29, 0.717) is 56.7 Å². The lowest BCUT2D eigenvalue weighted by atomic mass is 9.99. The van der Waals surface area contributed by atoms with Crippen molar-refractivity contribution in [2.75, 3.05) is 17.7 Å². The minimum absolute atomic E-state index is 0.0101. The molecule has 1 aliphatic carbocycles. The van der Waals surface area contributed by atoms with E-state index in [4.69, 9.17) is 16.3 Å². The summed E-state index contributed by atoms with van der Waals surface area (Å²) in [5.41, 5.74) is 3.43. The minimum Gasteiger partial charge on any atom is -0.453 e. The van der Waals surface area contributed by atoms with E-state index in [-0.39, 0.29) is 24.7 Å². The first-order chi connectivity index (χ1) is 23.2. The number of amides is 3. The molecule has 1 fully saturated rings. The Morgan fingerprint density at radius 3 is 2.83 bits per heavy atom. The van der Waals surface area contributed by atoms with Crippen molar-refractivity contribution >= 4 is 47.0 Å². The van der Waals surface area contributed by atoms with Crippen molar-refractivity contribution in [3.8, 4) is 16.9 Å². The van der Waals surface area contributed by atoms with Gasteiger partial charge >= 0.3 is 6.09 Å². The highest BCUT2D eigenvalue weighted by Crippen LogP contribution is 2.58. The number of anilines is 2. The molecule has 0 radical (unpaired) electrons. The maximum absolute atomic E-state index is 14.9. The number of H-pyrrole nitrogens is 1. The number of aromatic nitrogens is 6. The predicted octanol–water partition coefficient (Wildman–Crippen LogP) is 5.12. The van der Waals surface area contributed by atoms with E-state index >= 15 is 0 Å². The van der Waals surface area contributed by atoms with E-state index in [0.717, 1.165) is 5.56 Å². The normalized spacial score (nSPS) is 18.2. The van der Waals surface area contributed by atoms with Crippen molar-refractivity contribution < 1.29 is 23.5 Å². The van der Waals surface area contributed by atoms with Gasteiger partial charge in [0.15, 0.2) is 0 Å². The number of carbonyl (C=O) groups excluding carboxylic acids is 3. The van der Waals surface area contributed by atoms with Gasteiger partial charge < -0.3 is 20.4 Å². The average Bonchev–Trinajstić information content (AvgIpc) is 3.40. The summed E-state index contributed by atoms with van der Waals surface area (Å²) in [5.74, 6) is -0.914. The second-order valence-corrected chi connectivity index (χ2v) is 11.9. The highest BCUT2D eigenvalue weighted by Gasteiger charge is 2.59. The Morgan fingerprint density at radius 2 is 2.02 bits per heavy atom. The SMILES string of the molecule is COC(=O)Nc1ccc2c(c1)NC(=O)CCc1cc(ccc1F)[C@@H]1CC1(NC(=O)/C=C/c1cc(Cl)ccc1-n1cnnn1)c1ncc-2[nH]1. The van der Waals surface area contributed by atoms with Crippen molar-refractivity contribution in [3.05, 3.63) is 107 Å². The number of hydrogen-bond donors (Lipinski definition) is 4. The lowest BCUT2D eigenvalue weighted by Gasteiger charge is -2.18. The summed E-state index contributed by atoms with van der Waals surface area (Å²) in [4.78, 5) is 46.5. The van der Waals surface area contributed by atoms with Crippen molar-refractivity contribution in [1.82, 2.24) is 35.5 Å². The summed E-state index contributed by atoms with van der Waals surface area (Å²) in [5, 5.41) is 20.4. The van der Waals surface area contributed by atoms with Gasteiger partial charge in [0.1, 0.15) is 23.5 Å². The van der Waals surface area contributed by atoms with Crippen LogP contribution in [-0.4, -0.2) is 55.2 Å². The van der Waals surface area contributed by atoms with Gasteiger partial charge in [-0.05, 0) is 82.9 Å². The fourth-order valence-corrected chi connectivity index (χ4v) is 6.15. The number of hydrogen-bond acceptors (Lipinski definition) is 8. The summed E-state index contributed by atoms with van der Waals surface area (Å²) >= 11 is 6.26. The third-order valence-corrected chi connectivity index (χ3v) is 8.65. The highest BCUT2D eigenvalue weighted by atomic mass is 35.5. The van der Waals surface area contributed by atoms with Gasteiger partial charge in [0.2, 0.25) is 11.8 Å². The third-order valence-electron chi connectivity index (χ3n) is 8.41. The molecular weight excluding hydrogens is 641 g/mol. The van der Waals surface area contributed by atoms with Crippen LogP contribution in [0.2, 0.25) is 5.02 Å². The van der Waals surface area contributed by atoms with Gasteiger partial charge in [-0.1, -0.05) is 23.7 Å². The van der Waals surface area contributed by atoms with Crippen LogP contribution in [0, 0.1) is 5.82 Å². The number of nitrogens with one attached hydrogen (secondary N) is 4. The number of rotatable bonds is 5. The molecule has 3 heterocycles. The first-order valence-corrected chi connectivity index (χ1v) is 15.3. The zero-order chi connectivity index (χ0) is 33.4. The van der Waals surface area contributed by atoms with Gasteiger partial charge in [-0.25, -0.2) is 14.2 Å². The van der Waals surface area contributed by atoms with E-state index in [1.807, 2.05) is 0 Å². The molecule has 13 nitrogen and oxygen atoms in total. The summed E-state index contributed by atoms with van der Waals surface area (Å²) in [7, 11) is 1.25. The van der Waals surface area contributed by atoms with Gasteiger partial charge in [-0.15, -0.1) is 5.10 Å². The first kappa shape index (κ1) is 30.7. The van der Waals surface area contributed by atoms with E-state index in [2.05, 4.69) is 41.4 Å². The summed E-state index contributed by atoms with van der Waals surface area (Å²) in [6.45, 7) is 0. The fourth-order valence-electron chi connectivity index (χ4n) is 5.97. The number of fused-ring (bicyclic) bond motifs is 9. The number of benzene rings is 3. The Labute approximate surface area is 277 Å². The number of aromatic amines is 1. The van der Waals surface area contributed by atoms with Crippen LogP contribution < -0.4 is 16.0 Å². The second-order valence-electron chi connectivity index (χ2n) is 11.4. The molecule has 7 rings (SSSR count). The van der Waals surface area contributed by atoms with Crippen LogP contribution >= 0.6 is 11.6 Å².